The van der Waals surface area contributed by atoms with E-state index >= 15 is 0 Å². The highest BCUT2D eigenvalue weighted by Gasteiger charge is 2.38. The van der Waals surface area contributed by atoms with Crippen LogP contribution in [-0.4, -0.2) is 28.2 Å². The minimum atomic E-state index is -0.0534. The number of hydrogen-bond acceptors (Lipinski definition) is 3. The molecule has 3 rings (SSSR count). The molecule has 5 nitrogen and oxygen atoms in total. The number of nitrogens with zero attached hydrogens (tertiary/aromatic N) is 1. The van der Waals surface area contributed by atoms with Crippen LogP contribution in [-0.2, 0) is 4.79 Å². The number of nitrogens with one attached hydrogen (secondary N) is 3. The second kappa shape index (κ2) is 5.56. The third-order valence-electron chi connectivity index (χ3n) is 4.65. The lowest BCUT2D eigenvalue weighted by atomic mass is 9.85. The minimum absolute atomic E-state index is 0.0534. The number of H-pyrrole nitrogens is 1. The number of fused-ring (bicyclic) bond motifs is 1. The van der Waals surface area contributed by atoms with Crippen molar-refractivity contribution in [3.8, 4) is 0 Å². The summed E-state index contributed by atoms with van der Waals surface area (Å²) in [5.41, 5.74) is 1.05. The van der Waals surface area contributed by atoms with Crippen molar-refractivity contribution in [2.45, 2.75) is 64.0 Å². The summed E-state index contributed by atoms with van der Waals surface area (Å²) in [6.07, 6.45) is 6.06. The molecule has 1 aromatic rings. The maximum Gasteiger partial charge on any atom is 0.242 e. The van der Waals surface area contributed by atoms with Crippen LogP contribution in [0.15, 0.2) is 6.07 Å². The van der Waals surface area contributed by atoms with Gasteiger partial charge in [0.05, 0.1) is 6.04 Å². The van der Waals surface area contributed by atoms with Crippen LogP contribution in [0.25, 0.3) is 0 Å². The summed E-state index contributed by atoms with van der Waals surface area (Å²) in [7, 11) is 0. The van der Waals surface area contributed by atoms with Crippen LogP contribution in [0.2, 0.25) is 0 Å². The van der Waals surface area contributed by atoms with Crippen molar-refractivity contribution >= 4 is 11.7 Å². The van der Waals surface area contributed by atoms with Crippen molar-refractivity contribution in [1.82, 2.24) is 15.5 Å². The number of rotatable bonds is 3. The highest BCUT2D eigenvalue weighted by atomic mass is 16.2. The number of aromatic amines is 1. The first kappa shape index (κ1) is 13.6. The Kier molecular flexibility index (Phi) is 3.78. The zero-order chi connectivity index (χ0) is 14.1. The standard InChI is InChI=1S/C15H24N4O/c1-9(2)12-8-14(19-18-12)17-15(20)13-7-10-5-3-4-6-11(10)16-13/h8-11,13,16H,3-7H2,1-2H3,(H2,17,18,19,20). The Morgan fingerprint density at radius 2 is 2.20 bits per heavy atom. The fourth-order valence-electron chi connectivity index (χ4n) is 3.43. The second-order valence-electron chi connectivity index (χ2n) is 6.46. The van der Waals surface area contributed by atoms with Crippen molar-refractivity contribution in [1.29, 1.82) is 0 Å². The zero-order valence-corrected chi connectivity index (χ0v) is 12.3. The Morgan fingerprint density at radius 3 is 2.90 bits per heavy atom. The van der Waals surface area contributed by atoms with Gasteiger partial charge < -0.3 is 10.6 Å². The smallest absolute Gasteiger partial charge is 0.242 e. The molecule has 2 heterocycles. The predicted octanol–water partition coefficient (Wildman–Crippen LogP) is 2.39. The first-order valence-electron chi connectivity index (χ1n) is 7.75. The lowest BCUT2D eigenvalue weighted by Gasteiger charge is -2.24. The molecule has 3 atom stereocenters. The quantitative estimate of drug-likeness (QED) is 0.794. The summed E-state index contributed by atoms with van der Waals surface area (Å²) < 4.78 is 0. The van der Waals surface area contributed by atoms with E-state index in [0.717, 1.165) is 12.1 Å². The summed E-state index contributed by atoms with van der Waals surface area (Å²) in [6.45, 7) is 4.20. The molecule has 2 aliphatic rings. The summed E-state index contributed by atoms with van der Waals surface area (Å²) in [5, 5.41) is 13.5. The fraction of sp³-hybridized carbons (Fsp3) is 0.733. The van der Waals surface area contributed by atoms with Crippen LogP contribution in [0.3, 0.4) is 0 Å². The largest absolute Gasteiger partial charge is 0.308 e. The predicted molar refractivity (Wildman–Crippen MR) is 78.6 cm³/mol. The minimum Gasteiger partial charge on any atom is -0.308 e. The molecule has 110 valence electrons. The number of hydrogen-bond donors (Lipinski definition) is 3. The summed E-state index contributed by atoms with van der Waals surface area (Å²) in [5.74, 6) is 1.77. The molecule has 5 heteroatoms. The zero-order valence-electron chi connectivity index (χ0n) is 12.3. The van der Waals surface area contributed by atoms with E-state index in [1.165, 1.54) is 25.7 Å². The monoisotopic (exact) mass is 276 g/mol. The van der Waals surface area contributed by atoms with Crippen LogP contribution < -0.4 is 10.6 Å². The van der Waals surface area contributed by atoms with Gasteiger partial charge in [0.2, 0.25) is 5.91 Å². The van der Waals surface area contributed by atoms with Gasteiger partial charge in [-0.3, -0.25) is 9.89 Å². The number of carbonyl (C=O) groups excluding carboxylic acids is 1. The Labute approximate surface area is 119 Å². The molecule has 0 bridgehead atoms. The molecule has 1 amide bonds. The fourth-order valence-corrected chi connectivity index (χ4v) is 3.43. The second-order valence-corrected chi connectivity index (χ2v) is 6.46. The van der Waals surface area contributed by atoms with Gasteiger partial charge in [0.1, 0.15) is 0 Å². The number of amides is 1. The molecule has 1 aliphatic heterocycles. The van der Waals surface area contributed by atoms with Gasteiger partial charge in [-0.05, 0) is 31.1 Å². The first-order chi connectivity index (χ1) is 9.63. The number of aromatic nitrogens is 2. The molecule has 20 heavy (non-hydrogen) atoms. The van der Waals surface area contributed by atoms with Crippen molar-refractivity contribution in [3.63, 3.8) is 0 Å². The molecule has 0 aromatic carbocycles. The van der Waals surface area contributed by atoms with Gasteiger partial charge in [0.25, 0.3) is 0 Å². The van der Waals surface area contributed by atoms with Crippen molar-refractivity contribution in [2.75, 3.05) is 5.32 Å². The van der Waals surface area contributed by atoms with Crippen LogP contribution in [0.1, 0.15) is 57.6 Å². The third-order valence-corrected chi connectivity index (χ3v) is 4.65. The molecule has 3 N–H and O–H groups in total. The molecule has 0 radical (unpaired) electrons. The van der Waals surface area contributed by atoms with Crippen molar-refractivity contribution < 1.29 is 4.79 Å². The van der Waals surface area contributed by atoms with E-state index in [-0.39, 0.29) is 11.9 Å². The molecule has 1 saturated heterocycles. The molecular formula is C15H24N4O. The van der Waals surface area contributed by atoms with Gasteiger partial charge in [-0.25, -0.2) is 0 Å². The topological polar surface area (TPSA) is 69.8 Å². The maximum absolute atomic E-state index is 12.3. The summed E-state index contributed by atoms with van der Waals surface area (Å²) in [4.78, 5) is 12.3. The molecule has 1 aromatic heterocycles. The molecule has 3 unspecified atom stereocenters. The van der Waals surface area contributed by atoms with Crippen LogP contribution in [0.4, 0.5) is 5.82 Å². The lowest BCUT2D eigenvalue weighted by Crippen LogP contribution is -2.39. The van der Waals surface area contributed by atoms with E-state index in [2.05, 4.69) is 34.7 Å². The van der Waals surface area contributed by atoms with Gasteiger partial charge in [0, 0.05) is 17.8 Å². The normalized spacial score (nSPS) is 29.4. The van der Waals surface area contributed by atoms with E-state index in [0.29, 0.717) is 23.7 Å². The molecule has 1 aliphatic carbocycles. The van der Waals surface area contributed by atoms with Crippen LogP contribution in [0.5, 0.6) is 0 Å². The van der Waals surface area contributed by atoms with E-state index in [1.54, 1.807) is 0 Å². The van der Waals surface area contributed by atoms with E-state index in [4.69, 9.17) is 0 Å². The highest BCUT2D eigenvalue weighted by molar-refractivity contribution is 5.94. The Morgan fingerprint density at radius 1 is 1.40 bits per heavy atom. The number of carbonyl (C=O) groups is 1. The van der Waals surface area contributed by atoms with E-state index in [9.17, 15) is 4.79 Å². The van der Waals surface area contributed by atoms with Crippen LogP contribution >= 0.6 is 0 Å². The molecule has 1 saturated carbocycles. The van der Waals surface area contributed by atoms with Gasteiger partial charge in [-0.15, -0.1) is 0 Å². The number of anilines is 1. The first-order valence-corrected chi connectivity index (χ1v) is 7.75. The average molecular weight is 276 g/mol. The Bertz CT molecular complexity index is 468. The highest BCUT2D eigenvalue weighted by Crippen LogP contribution is 2.33. The van der Waals surface area contributed by atoms with Crippen LogP contribution in [0, 0.1) is 5.92 Å². The van der Waals surface area contributed by atoms with Gasteiger partial charge >= 0.3 is 0 Å². The summed E-state index contributed by atoms with van der Waals surface area (Å²) >= 11 is 0. The van der Waals surface area contributed by atoms with E-state index < -0.39 is 0 Å². The van der Waals surface area contributed by atoms with Gasteiger partial charge in [-0.2, -0.15) is 5.10 Å². The molecule has 2 fully saturated rings. The average Bonchev–Trinajstić information content (AvgIpc) is 3.04. The Balaban J connectivity index is 1.59. The van der Waals surface area contributed by atoms with Crippen molar-refractivity contribution in [2.24, 2.45) is 5.92 Å². The van der Waals surface area contributed by atoms with E-state index in [1.807, 2.05) is 6.07 Å². The third kappa shape index (κ3) is 2.73. The van der Waals surface area contributed by atoms with Gasteiger partial charge in [-0.1, -0.05) is 26.7 Å². The van der Waals surface area contributed by atoms with Gasteiger partial charge in [0.15, 0.2) is 5.82 Å². The SMILES string of the molecule is CC(C)c1cc(NC(=O)C2CC3CCCCC3N2)n[nH]1. The lowest BCUT2D eigenvalue weighted by molar-refractivity contribution is -0.117. The summed E-state index contributed by atoms with van der Waals surface area (Å²) in [6, 6.07) is 2.41. The maximum atomic E-state index is 12.3. The Hall–Kier alpha value is -1.36. The molecular weight excluding hydrogens is 252 g/mol. The molecule has 0 spiro atoms. The van der Waals surface area contributed by atoms with Crippen molar-refractivity contribution in [3.05, 3.63) is 11.8 Å².